The molecular weight excluding hydrogens is 258 g/mol. The maximum Gasteiger partial charge on any atom is 0.234 e. The van der Waals surface area contributed by atoms with E-state index in [-0.39, 0.29) is 6.04 Å². The fourth-order valence-corrected chi connectivity index (χ4v) is 3.70. The molecule has 1 saturated carbocycles. The first-order valence-electron chi connectivity index (χ1n) is 7.25. The molecule has 1 aliphatic rings. The summed E-state index contributed by atoms with van der Waals surface area (Å²) in [7, 11) is 0. The molecule has 0 aliphatic heterocycles. The molecule has 0 amide bonds. The van der Waals surface area contributed by atoms with Gasteiger partial charge in [-0.15, -0.1) is 10.2 Å². The highest BCUT2D eigenvalue weighted by atomic mass is 32.1. The van der Waals surface area contributed by atoms with E-state index in [1.807, 2.05) is 4.52 Å². The van der Waals surface area contributed by atoms with Crippen LogP contribution in [0.4, 0.5) is 0 Å². The summed E-state index contributed by atoms with van der Waals surface area (Å²) in [6.07, 6.45) is 6.44. The summed E-state index contributed by atoms with van der Waals surface area (Å²) in [4.78, 5) is 0.931. The molecule has 0 saturated heterocycles. The molecule has 1 unspecified atom stereocenters. The third kappa shape index (κ3) is 2.51. The highest BCUT2D eigenvalue weighted by Gasteiger charge is 2.23. The predicted molar refractivity (Wildman–Crippen MR) is 76.6 cm³/mol. The standard InChI is InChI=1S/C13H21N5S/c1-3-14-9(2)12-17-18-11(15-16-13(18)19-12)10-7-5-4-6-8-10/h9-10,14H,3-8H2,1-2H3. The molecule has 1 fully saturated rings. The quantitative estimate of drug-likeness (QED) is 0.935. The average Bonchev–Trinajstić information content (AvgIpc) is 2.99. The van der Waals surface area contributed by atoms with Gasteiger partial charge in [-0.1, -0.05) is 37.5 Å². The van der Waals surface area contributed by atoms with E-state index in [0.29, 0.717) is 5.92 Å². The Hall–Kier alpha value is -1.01. The van der Waals surface area contributed by atoms with Crippen LogP contribution in [0.2, 0.25) is 0 Å². The van der Waals surface area contributed by atoms with E-state index in [4.69, 9.17) is 5.10 Å². The molecule has 1 N–H and O–H groups in total. The maximum absolute atomic E-state index is 4.71. The Kier molecular flexibility index (Phi) is 3.79. The first-order chi connectivity index (χ1) is 9.29. The van der Waals surface area contributed by atoms with Crippen LogP contribution in [-0.4, -0.2) is 26.4 Å². The summed E-state index contributed by atoms with van der Waals surface area (Å²) in [5.41, 5.74) is 0. The highest BCUT2D eigenvalue weighted by Crippen LogP contribution is 2.32. The van der Waals surface area contributed by atoms with E-state index < -0.39 is 0 Å². The first-order valence-corrected chi connectivity index (χ1v) is 8.06. The number of aromatic nitrogens is 4. The van der Waals surface area contributed by atoms with Crippen molar-refractivity contribution in [2.75, 3.05) is 6.54 Å². The van der Waals surface area contributed by atoms with Crippen LogP contribution >= 0.6 is 11.3 Å². The number of hydrogen-bond donors (Lipinski definition) is 1. The number of hydrogen-bond acceptors (Lipinski definition) is 5. The van der Waals surface area contributed by atoms with E-state index in [9.17, 15) is 0 Å². The van der Waals surface area contributed by atoms with Crippen LogP contribution in [0, 0.1) is 0 Å². The minimum Gasteiger partial charge on any atom is -0.308 e. The Morgan fingerprint density at radius 3 is 2.84 bits per heavy atom. The Bertz CT molecular complexity index is 540. The zero-order valence-corrected chi connectivity index (χ0v) is 12.4. The summed E-state index contributed by atoms with van der Waals surface area (Å²) in [6.45, 7) is 5.22. The number of rotatable bonds is 4. The molecular formula is C13H21N5S. The van der Waals surface area contributed by atoms with E-state index >= 15 is 0 Å². The van der Waals surface area contributed by atoms with Gasteiger partial charge in [-0.25, -0.2) is 0 Å². The van der Waals surface area contributed by atoms with Crippen LogP contribution in [-0.2, 0) is 0 Å². The highest BCUT2D eigenvalue weighted by molar-refractivity contribution is 7.16. The van der Waals surface area contributed by atoms with Gasteiger partial charge in [-0.2, -0.15) is 9.61 Å². The van der Waals surface area contributed by atoms with Gasteiger partial charge in [0.25, 0.3) is 0 Å². The first kappa shape index (κ1) is 13.0. The SMILES string of the molecule is CCNC(C)c1nn2c(C3CCCCC3)nnc2s1. The maximum atomic E-state index is 4.71. The lowest BCUT2D eigenvalue weighted by molar-refractivity contribution is 0.422. The third-order valence-corrected chi connectivity index (χ3v) is 4.96. The lowest BCUT2D eigenvalue weighted by atomic mass is 9.89. The minimum absolute atomic E-state index is 0.288. The van der Waals surface area contributed by atoms with Crippen LogP contribution in [0.5, 0.6) is 0 Å². The Labute approximate surface area is 117 Å². The van der Waals surface area contributed by atoms with E-state index in [1.165, 1.54) is 32.1 Å². The molecule has 2 heterocycles. The summed E-state index contributed by atoms with van der Waals surface area (Å²) < 4.78 is 1.98. The summed E-state index contributed by atoms with van der Waals surface area (Å²) in [6, 6.07) is 0.288. The third-order valence-electron chi connectivity index (χ3n) is 3.88. The van der Waals surface area contributed by atoms with Crippen molar-refractivity contribution in [3.05, 3.63) is 10.8 Å². The number of nitrogens with zero attached hydrogens (tertiary/aromatic N) is 4. The Balaban J connectivity index is 1.89. The van der Waals surface area contributed by atoms with Crippen LogP contribution < -0.4 is 5.32 Å². The molecule has 5 nitrogen and oxygen atoms in total. The van der Waals surface area contributed by atoms with Gasteiger partial charge in [0.15, 0.2) is 5.82 Å². The van der Waals surface area contributed by atoms with Crippen LogP contribution in [0.1, 0.15) is 68.7 Å². The Morgan fingerprint density at radius 2 is 2.11 bits per heavy atom. The largest absolute Gasteiger partial charge is 0.308 e. The topological polar surface area (TPSA) is 55.1 Å². The smallest absolute Gasteiger partial charge is 0.234 e. The van der Waals surface area contributed by atoms with Crippen LogP contribution in [0.15, 0.2) is 0 Å². The summed E-state index contributed by atoms with van der Waals surface area (Å²) in [5, 5.41) is 17.9. The van der Waals surface area contributed by atoms with E-state index in [0.717, 1.165) is 22.3 Å². The lowest BCUT2D eigenvalue weighted by Crippen LogP contribution is -2.18. The molecule has 2 aromatic rings. The molecule has 19 heavy (non-hydrogen) atoms. The fraction of sp³-hybridized carbons (Fsp3) is 0.769. The lowest BCUT2D eigenvalue weighted by Gasteiger charge is -2.18. The zero-order chi connectivity index (χ0) is 13.2. The monoisotopic (exact) mass is 279 g/mol. The predicted octanol–water partition coefficient (Wildman–Crippen LogP) is 2.90. The van der Waals surface area contributed by atoms with Gasteiger partial charge >= 0.3 is 0 Å². The van der Waals surface area contributed by atoms with Crippen molar-refractivity contribution >= 4 is 16.3 Å². The van der Waals surface area contributed by atoms with Gasteiger partial charge in [0.05, 0.1) is 6.04 Å². The molecule has 6 heteroatoms. The molecule has 0 spiro atoms. The fourth-order valence-electron chi connectivity index (χ4n) is 2.83. The molecule has 0 radical (unpaired) electrons. The van der Waals surface area contributed by atoms with E-state index in [2.05, 4.69) is 29.4 Å². The molecule has 1 aliphatic carbocycles. The second kappa shape index (κ2) is 5.54. The average molecular weight is 279 g/mol. The van der Waals surface area contributed by atoms with Gasteiger partial charge in [-0.3, -0.25) is 0 Å². The Morgan fingerprint density at radius 1 is 1.32 bits per heavy atom. The molecule has 2 aromatic heterocycles. The second-order valence-electron chi connectivity index (χ2n) is 5.31. The van der Waals surface area contributed by atoms with E-state index in [1.54, 1.807) is 11.3 Å². The van der Waals surface area contributed by atoms with Crippen molar-refractivity contribution in [1.82, 2.24) is 25.1 Å². The molecule has 104 valence electrons. The van der Waals surface area contributed by atoms with Crippen LogP contribution in [0.3, 0.4) is 0 Å². The second-order valence-corrected chi connectivity index (χ2v) is 6.29. The van der Waals surface area contributed by atoms with Gasteiger partial charge in [0.1, 0.15) is 5.01 Å². The van der Waals surface area contributed by atoms with Crippen molar-refractivity contribution in [3.8, 4) is 0 Å². The molecule has 3 rings (SSSR count). The normalized spacial score (nSPS) is 19.1. The van der Waals surface area contributed by atoms with Gasteiger partial charge in [0.2, 0.25) is 4.96 Å². The van der Waals surface area contributed by atoms with Crippen molar-refractivity contribution in [2.45, 2.75) is 57.9 Å². The minimum atomic E-state index is 0.288. The summed E-state index contributed by atoms with van der Waals surface area (Å²) >= 11 is 1.65. The van der Waals surface area contributed by atoms with Crippen molar-refractivity contribution < 1.29 is 0 Å². The van der Waals surface area contributed by atoms with Gasteiger partial charge in [-0.05, 0) is 26.3 Å². The number of fused-ring (bicyclic) bond motifs is 1. The van der Waals surface area contributed by atoms with Crippen molar-refractivity contribution in [3.63, 3.8) is 0 Å². The van der Waals surface area contributed by atoms with Gasteiger partial charge in [0, 0.05) is 5.92 Å². The van der Waals surface area contributed by atoms with Crippen molar-refractivity contribution in [1.29, 1.82) is 0 Å². The molecule has 1 atom stereocenters. The zero-order valence-electron chi connectivity index (χ0n) is 11.6. The van der Waals surface area contributed by atoms with Crippen molar-refractivity contribution in [2.24, 2.45) is 0 Å². The molecule has 0 bridgehead atoms. The molecule has 0 aromatic carbocycles. The van der Waals surface area contributed by atoms with Gasteiger partial charge < -0.3 is 5.32 Å². The summed E-state index contributed by atoms with van der Waals surface area (Å²) in [5.74, 6) is 1.62. The number of nitrogens with one attached hydrogen (secondary N) is 1. The van der Waals surface area contributed by atoms with Crippen LogP contribution in [0.25, 0.3) is 4.96 Å².